The van der Waals surface area contributed by atoms with E-state index in [4.69, 9.17) is 4.74 Å². The molecular formula is C21H26O2. The molecule has 2 nitrogen and oxygen atoms in total. The Morgan fingerprint density at radius 3 is 2.70 bits per heavy atom. The van der Waals surface area contributed by atoms with Crippen LogP contribution < -0.4 is 4.74 Å². The van der Waals surface area contributed by atoms with Gasteiger partial charge >= 0.3 is 0 Å². The van der Waals surface area contributed by atoms with Gasteiger partial charge in [-0.3, -0.25) is 4.79 Å². The highest BCUT2D eigenvalue weighted by Crippen LogP contribution is 2.60. The molecule has 23 heavy (non-hydrogen) atoms. The topological polar surface area (TPSA) is 26.3 Å². The van der Waals surface area contributed by atoms with E-state index in [2.05, 4.69) is 45.9 Å². The van der Waals surface area contributed by atoms with E-state index in [0.717, 1.165) is 30.4 Å². The zero-order valence-electron chi connectivity index (χ0n) is 14.8. The van der Waals surface area contributed by atoms with Crippen LogP contribution in [0.4, 0.5) is 0 Å². The number of methoxy groups -OCH3 is 1. The summed E-state index contributed by atoms with van der Waals surface area (Å²) in [4.78, 5) is 11.5. The number of hydrogen-bond acceptors (Lipinski definition) is 2. The zero-order valence-corrected chi connectivity index (χ0v) is 14.8. The molecule has 1 fully saturated rings. The number of aldehydes is 1. The smallest absolute Gasteiger partial charge is 0.153 e. The van der Waals surface area contributed by atoms with Crippen LogP contribution in [0.2, 0.25) is 0 Å². The van der Waals surface area contributed by atoms with Gasteiger partial charge in [-0.1, -0.05) is 45.4 Å². The summed E-state index contributed by atoms with van der Waals surface area (Å²) in [5.74, 6) is 1.69. The highest BCUT2D eigenvalue weighted by atomic mass is 16.5. The van der Waals surface area contributed by atoms with Crippen LogP contribution in [0.25, 0.3) is 5.57 Å². The van der Waals surface area contributed by atoms with Gasteiger partial charge in [0.1, 0.15) is 5.75 Å². The summed E-state index contributed by atoms with van der Waals surface area (Å²) in [5.41, 5.74) is 6.17. The maximum atomic E-state index is 11.5. The lowest BCUT2D eigenvalue weighted by molar-refractivity contribution is 0.112. The summed E-state index contributed by atoms with van der Waals surface area (Å²) in [6.45, 7) is 9.00. The van der Waals surface area contributed by atoms with Crippen LogP contribution in [0, 0.1) is 17.3 Å². The Morgan fingerprint density at radius 2 is 2.09 bits per heavy atom. The molecule has 2 heteroatoms. The first-order chi connectivity index (χ1) is 10.9. The van der Waals surface area contributed by atoms with E-state index < -0.39 is 0 Å². The van der Waals surface area contributed by atoms with Gasteiger partial charge in [0.05, 0.1) is 12.7 Å². The van der Waals surface area contributed by atoms with Crippen molar-refractivity contribution in [2.24, 2.45) is 17.3 Å². The van der Waals surface area contributed by atoms with Crippen LogP contribution in [0.5, 0.6) is 5.75 Å². The van der Waals surface area contributed by atoms with Gasteiger partial charge in [-0.15, -0.1) is 0 Å². The van der Waals surface area contributed by atoms with Gasteiger partial charge in [0, 0.05) is 5.41 Å². The minimum Gasteiger partial charge on any atom is -0.496 e. The molecule has 0 bridgehead atoms. The van der Waals surface area contributed by atoms with Crippen molar-refractivity contribution in [1.82, 2.24) is 0 Å². The van der Waals surface area contributed by atoms with Gasteiger partial charge in [-0.05, 0) is 53.5 Å². The molecule has 3 atom stereocenters. The molecule has 0 heterocycles. The van der Waals surface area contributed by atoms with Crippen molar-refractivity contribution in [3.05, 3.63) is 46.5 Å². The number of fused-ring (bicyclic) bond motifs is 1. The lowest BCUT2D eigenvalue weighted by Crippen LogP contribution is -2.09. The van der Waals surface area contributed by atoms with Gasteiger partial charge in [-0.2, -0.15) is 0 Å². The van der Waals surface area contributed by atoms with Crippen molar-refractivity contribution < 1.29 is 9.53 Å². The van der Waals surface area contributed by atoms with Gasteiger partial charge in [0.2, 0.25) is 0 Å². The molecule has 0 aliphatic heterocycles. The number of ether oxygens (including phenoxy) is 1. The molecule has 0 amide bonds. The predicted molar refractivity (Wildman–Crippen MR) is 94.9 cm³/mol. The van der Waals surface area contributed by atoms with Gasteiger partial charge in [-0.25, -0.2) is 0 Å². The third kappa shape index (κ3) is 2.54. The Hall–Kier alpha value is -1.83. The number of hydrogen-bond donors (Lipinski definition) is 0. The average Bonchev–Trinajstić information content (AvgIpc) is 3.23. The van der Waals surface area contributed by atoms with E-state index in [1.807, 2.05) is 6.07 Å². The fourth-order valence-corrected chi connectivity index (χ4v) is 3.86. The highest BCUT2D eigenvalue weighted by Gasteiger charge is 2.46. The molecule has 2 aliphatic carbocycles. The Bertz CT molecular complexity index is 711. The monoisotopic (exact) mass is 310 g/mol. The second kappa shape index (κ2) is 5.67. The minimum absolute atomic E-state index is 0.224. The molecule has 122 valence electrons. The molecule has 1 aromatic carbocycles. The molecule has 3 unspecified atom stereocenters. The lowest BCUT2D eigenvalue weighted by atomic mass is 9.83. The van der Waals surface area contributed by atoms with Crippen molar-refractivity contribution in [3.63, 3.8) is 0 Å². The average molecular weight is 310 g/mol. The second-order valence-electron chi connectivity index (χ2n) is 7.22. The number of aryl methyl sites for hydroxylation is 1. The standard InChI is InChI=1S/C21H26O2/c1-6-15-9-16(10-17(12-22)20(15)23-5)19-14(3)13(2)7-8-21(4)11-18(19)21/h7-10,12-14H,6,11H2,1-5H3. The van der Waals surface area contributed by atoms with E-state index in [0.29, 0.717) is 17.4 Å². The maximum absolute atomic E-state index is 11.5. The van der Waals surface area contributed by atoms with Crippen molar-refractivity contribution in [2.75, 3.05) is 7.11 Å². The normalized spacial score (nSPS) is 29.1. The van der Waals surface area contributed by atoms with Crippen molar-refractivity contribution >= 4 is 11.9 Å². The highest BCUT2D eigenvalue weighted by molar-refractivity contribution is 5.85. The molecular weight excluding hydrogens is 284 g/mol. The first-order valence-corrected chi connectivity index (χ1v) is 8.54. The van der Waals surface area contributed by atoms with Crippen molar-refractivity contribution in [1.29, 1.82) is 0 Å². The SMILES string of the molecule is CCc1cc(C2=C3CC3(C)C=CC(C)C2C)cc(C=O)c1OC. The Balaban J connectivity index is 2.19. The van der Waals surface area contributed by atoms with E-state index in [1.165, 1.54) is 16.7 Å². The molecule has 2 aliphatic rings. The molecule has 1 aromatic rings. The summed E-state index contributed by atoms with van der Waals surface area (Å²) in [5, 5.41) is 0. The Morgan fingerprint density at radius 1 is 1.35 bits per heavy atom. The van der Waals surface area contributed by atoms with Crippen LogP contribution in [0.15, 0.2) is 29.9 Å². The summed E-state index contributed by atoms with van der Waals surface area (Å²) < 4.78 is 5.47. The van der Waals surface area contributed by atoms with E-state index in [-0.39, 0.29) is 5.41 Å². The van der Waals surface area contributed by atoms with Crippen LogP contribution >= 0.6 is 0 Å². The number of carbonyl (C=O) groups excluding carboxylic acids is 1. The molecule has 1 saturated carbocycles. The molecule has 0 spiro atoms. The van der Waals surface area contributed by atoms with E-state index in [1.54, 1.807) is 7.11 Å². The van der Waals surface area contributed by atoms with Gasteiger partial charge in [0.25, 0.3) is 0 Å². The van der Waals surface area contributed by atoms with Gasteiger partial charge < -0.3 is 4.74 Å². The lowest BCUT2D eigenvalue weighted by Gasteiger charge is -2.22. The summed E-state index contributed by atoms with van der Waals surface area (Å²) >= 11 is 0. The predicted octanol–water partition coefficient (Wildman–Crippen LogP) is 5.08. The van der Waals surface area contributed by atoms with Crippen LogP contribution in [-0.4, -0.2) is 13.4 Å². The largest absolute Gasteiger partial charge is 0.496 e. The summed E-state index contributed by atoms with van der Waals surface area (Å²) in [6.07, 6.45) is 7.65. The number of benzene rings is 1. The quantitative estimate of drug-likeness (QED) is 0.573. The fraction of sp³-hybridized carbons (Fsp3) is 0.476. The van der Waals surface area contributed by atoms with Crippen molar-refractivity contribution in [2.45, 2.75) is 40.5 Å². The Kier molecular flexibility index (Phi) is 3.95. The number of carbonyl (C=O) groups is 1. The molecule has 0 N–H and O–H groups in total. The van der Waals surface area contributed by atoms with Crippen LogP contribution in [0.1, 0.15) is 55.6 Å². The summed E-state index contributed by atoms with van der Waals surface area (Å²) in [7, 11) is 1.64. The fourth-order valence-electron chi connectivity index (χ4n) is 3.86. The minimum atomic E-state index is 0.224. The van der Waals surface area contributed by atoms with E-state index in [9.17, 15) is 4.79 Å². The summed E-state index contributed by atoms with van der Waals surface area (Å²) in [6, 6.07) is 4.24. The number of allylic oxidation sites excluding steroid dienone is 4. The zero-order chi connectivity index (χ0) is 16.8. The van der Waals surface area contributed by atoms with Crippen LogP contribution in [0.3, 0.4) is 0 Å². The first kappa shape index (κ1) is 16.0. The second-order valence-corrected chi connectivity index (χ2v) is 7.22. The van der Waals surface area contributed by atoms with Crippen LogP contribution in [-0.2, 0) is 6.42 Å². The van der Waals surface area contributed by atoms with E-state index >= 15 is 0 Å². The Labute approximate surface area is 139 Å². The molecule has 0 radical (unpaired) electrons. The maximum Gasteiger partial charge on any atom is 0.153 e. The van der Waals surface area contributed by atoms with Crippen molar-refractivity contribution in [3.8, 4) is 5.75 Å². The molecule has 0 saturated heterocycles. The molecule has 3 rings (SSSR count). The molecule has 0 aromatic heterocycles. The third-order valence-corrected chi connectivity index (χ3v) is 5.66. The first-order valence-electron chi connectivity index (χ1n) is 8.54. The number of rotatable bonds is 4. The third-order valence-electron chi connectivity index (χ3n) is 5.66. The van der Waals surface area contributed by atoms with Gasteiger partial charge in [0.15, 0.2) is 6.29 Å².